The third-order valence-corrected chi connectivity index (χ3v) is 2.88. The van der Waals surface area contributed by atoms with E-state index in [9.17, 15) is 4.79 Å². The molecule has 5 nitrogen and oxygen atoms in total. The highest BCUT2D eigenvalue weighted by Gasteiger charge is 2.20. The largest absolute Gasteiger partial charge is 0.472 e. The molecule has 0 aromatic carbocycles. The summed E-state index contributed by atoms with van der Waals surface area (Å²) in [5.74, 6) is -0.222. The molecule has 6 heteroatoms. The van der Waals surface area contributed by atoms with Crippen molar-refractivity contribution in [3.8, 4) is 0 Å². The van der Waals surface area contributed by atoms with Crippen molar-refractivity contribution >= 4 is 17.5 Å². The molecule has 1 amide bonds. The molecule has 0 aliphatic rings. The van der Waals surface area contributed by atoms with Crippen LogP contribution >= 0.6 is 11.6 Å². The molecular formula is C11H12ClN3O2. The maximum atomic E-state index is 12.0. The van der Waals surface area contributed by atoms with Crippen molar-refractivity contribution in [3.05, 3.63) is 40.6 Å². The molecule has 0 fully saturated rings. The zero-order valence-corrected chi connectivity index (χ0v) is 10.3. The normalized spacial score (nSPS) is 10.5. The molecule has 0 saturated carbocycles. The zero-order chi connectivity index (χ0) is 12.4. The molecule has 0 aliphatic carbocycles. The number of rotatable bonds is 3. The predicted octanol–water partition coefficient (Wildman–Crippen LogP) is 2.24. The molecule has 17 heavy (non-hydrogen) atoms. The van der Waals surface area contributed by atoms with Crippen LogP contribution in [0.2, 0.25) is 5.02 Å². The number of nitrogens with zero attached hydrogens (tertiary/aromatic N) is 2. The topological polar surface area (TPSA) is 62.1 Å². The second-order valence-electron chi connectivity index (χ2n) is 3.80. The molecule has 2 rings (SSSR count). The minimum absolute atomic E-state index is 0.222. The summed E-state index contributed by atoms with van der Waals surface area (Å²) >= 11 is 5.97. The summed E-state index contributed by atoms with van der Waals surface area (Å²) in [6.07, 6.45) is 3.17. The summed E-state index contributed by atoms with van der Waals surface area (Å²) in [4.78, 5) is 13.6. The first-order valence-electron chi connectivity index (χ1n) is 5.06. The Morgan fingerprint density at radius 2 is 2.41 bits per heavy atom. The predicted molar refractivity (Wildman–Crippen MR) is 62.8 cm³/mol. The number of hydrogen-bond donors (Lipinski definition) is 1. The van der Waals surface area contributed by atoms with Crippen molar-refractivity contribution in [2.24, 2.45) is 0 Å². The van der Waals surface area contributed by atoms with Gasteiger partial charge >= 0.3 is 0 Å². The molecule has 0 spiro atoms. The van der Waals surface area contributed by atoms with Crippen molar-refractivity contribution in [1.29, 1.82) is 0 Å². The van der Waals surface area contributed by atoms with E-state index < -0.39 is 0 Å². The summed E-state index contributed by atoms with van der Waals surface area (Å²) < 4.78 is 4.94. The number of furan rings is 1. The van der Waals surface area contributed by atoms with Crippen LogP contribution in [0.4, 0.5) is 0 Å². The SMILES string of the molecule is Cc1[nH]nc(C(=O)N(C)Cc2ccoc2)c1Cl. The molecule has 0 unspecified atom stereocenters. The van der Waals surface area contributed by atoms with Gasteiger partial charge in [0.25, 0.3) is 5.91 Å². The van der Waals surface area contributed by atoms with E-state index in [1.165, 1.54) is 4.90 Å². The van der Waals surface area contributed by atoms with Gasteiger partial charge in [0.1, 0.15) is 0 Å². The Balaban J connectivity index is 2.12. The van der Waals surface area contributed by atoms with Crippen molar-refractivity contribution in [1.82, 2.24) is 15.1 Å². The van der Waals surface area contributed by atoms with Crippen molar-refractivity contribution in [2.75, 3.05) is 7.05 Å². The van der Waals surface area contributed by atoms with Gasteiger partial charge in [0.15, 0.2) is 5.69 Å². The van der Waals surface area contributed by atoms with E-state index >= 15 is 0 Å². The van der Waals surface area contributed by atoms with Gasteiger partial charge in [-0.2, -0.15) is 5.10 Å². The molecule has 2 aromatic heterocycles. The second-order valence-corrected chi connectivity index (χ2v) is 4.18. The fourth-order valence-corrected chi connectivity index (χ4v) is 1.63. The lowest BCUT2D eigenvalue weighted by Crippen LogP contribution is -2.26. The monoisotopic (exact) mass is 253 g/mol. The quantitative estimate of drug-likeness (QED) is 0.912. The summed E-state index contributed by atoms with van der Waals surface area (Å²) in [7, 11) is 1.69. The average molecular weight is 254 g/mol. The first kappa shape index (κ1) is 11.7. The zero-order valence-electron chi connectivity index (χ0n) is 9.53. The van der Waals surface area contributed by atoms with Gasteiger partial charge in [-0.15, -0.1) is 0 Å². The summed E-state index contributed by atoms with van der Waals surface area (Å²) in [5.41, 5.74) is 1.85. The lowest BCUT2D eigenvalue weighted by atomic mass is 10.3. The van der Waals surface area contributed by atoms with Crippen LogP contribution in [0, 0.1) is 6.92 Å². The van der Waals surface area contributed by atoms with E-state index in [4.69, 9.17) is 16.0 Å². The van der Waals surface area contributed by atoms with Crippen LogP contribution in [0.5, 0.6) is 0 Å². The van der Waals surface area contributed by atoms with E-state index in [0.717, 1.165) is 5.56 Å². The van der Waals surface area contributed by atoms with Crippen LogP contribution in [0.1, 0.15) is 21.7 Å². The Kier molecular flexibility index (Phi) is 3.19. The Morgan fingerprint density at radius 3 is 2.94 bits per heavy atom. The highest BCUT2D eigenvalue weighted by molar-refractivity contribution is 6.34. The minimum Gasteiger partial charge on any atom is -0.472 e. The van der Waals surface area contributed by atoms with Crippen LogP contribution in [-0.2, 0) is 6.54 Å². The third-order valence-electron chi connectivity index (χ3n) is 2.42. The molecule has 2 heterocycles. The number of nitrogens with one attached hydrogen (secondary N) is 1. The van der Waals surface area contributed by atoms with E-state index in [1.807, 2.05) is 0 Å². The fraction of sp³-hybridized carbons (Fsp3) is 0.273. The Bertz CT molecular complexity index is 519. The number of halogens is 1. The van der Waals surface area contributed by atoms with Crippen LogP contribution in [0.25, 0.3) is 0 Å². The van der Waals surface area contributed by atoms with Gasteiger partial charge < -0.3 is 9.32 Å². The Labute approximate surface area is 103 Å². The third kappa shape index (κ3) is 2.34. The molecule has 0 bridgehead atoms. The lowest BCUT2D eigenvalue weighted by Gasteiger charge is -2.14. The second kappa shape index (κ2) is 4.63. The van der Waals surface area contributed by atoms with Crippen LogP contribution in [0.3, 0.4) is 0 Å². The van der Waals surface area contributed by atoms with Crippen LogP contribution < -0.4 is 0 Å². The molecule has 0 atom stereocenters. The maximum Gasteiger partial charge on any atom is 0.275 e. The molecular weight excluding hydrogens is 242 g/mol. The van der Waals surface area contributed by atoms with Gasteiger partial charge in [-0.05, 0) is 13.0 Å². The molecule has 0 saturated heterocycles. The summed E-state index contributed by atoms with van der Waals surface area (Å²) in [6, 6.07) is 1.81. The van der Waals surface area contributed by atoms with E-state index in [0.29, 0.717) is 17.3 Å². The van der Waals surface area contributed by atoms with Gasteiger partial charge in [-0.3, -0.25) is 9.89 Å². The Morgan fingerprint density at radius 1 is 1.65 bits per heavy atom. The molecule has 0 aliphatic heterocycles. The van der Waals surface area contributed by atoms with E-state index in [-0.39, 0.29) is 11.6 Å². The van der Waals surface area contributed by atoms with E-state index in [1.54, 1.807) is 32.6 Å². The highest BCUT2D eigenvalue weighted by atomic mass is 35.5. The van der Waals surface area contributed by atoms with Gasteiger partial charge in [0.2, 0.25) is 0 Å². The van der Waals surface area contributed by atoms with Gasteiger partial charge in [-0.1, -0.05) is 11.6 Å². The number of carbonyl (C=O) groups excluding carboxylic acids is 1. The maximum absolute atomic E-state index is 12.0. The first-order chi connectivity index (χ1) is 8.09. The number of hydrogen-bond acceptors (Lipinski definition) is 3. The standard InChI is InChI=1S/C11H12ClN3O2/c1-7-9(12)10(14-13-7)11(16)15(2)5-8-3-4-17-6-8/h3-4,6H,5H2,1-2H3,(H,13,14). The number of aromatic amines is 1. The molecule has 1 N–H and O–H groups in total. The molecule has 90 valence electrons. The fourth-order valence-electron chi connectivity index (χ4n) is 1.47. The van der Waals surface area contributed by atoms with Crippen molar-refractivity contribution in [2.45, 2.75) is 13.5 Å². The smallest absolute Gasteiger partial charge is 0.275 e. The summed E-state index contributed by atoms with van der Waals surface area (Å²) in [5, 5.41) is 6.95. The van der Waals surface area contributed by atoms with Crippen molar-refractivity contribution in [3.63, 3.8) is 0 Å². The average Bonchev–Trinajstić information content (AvgIpc) is 2.90. The lowest BCUT2D eigenvalue weighted by molar-refractivity contribution is 0.0779. The van der Waals surface area contributed by atoms with Gasteiger partial charge in [-0.25, -0.2) is 0 Å². The summed E-state index contributed by atoms with van der Waals surface area (Å²) in [6.45, 7) is 2.22. The van der Waals surface area contributed by atoms with Gasteiger partial charge in [0.05, 0.1) is 23.2 Å². The number of amides is 1. The van der Waals surface area contributed by atoms with Crippen molar-refractivity contribution < 1.29 is 9.21 Å². The highest BCUT2D eigenvalue weighted by Crippen LogP contribution is 2.19. The van der Waals surface area contributed by atoms with E-state index in [2.05, 4.69) is 10.2 Å². The van der Waals surface area contributed by atoms with Crippen LogP contribution in [-0.4, -0.2) is 28.1 Å². The van der Waals surface area contributed by atoms with Crippen LogP contribution in [0.15, 0.2) is 23.0 Å². The first-order valence-corrected chi connectivity index (χ1v) is 5.44. The number of aryl methyl sites for hydroxylation is 1. The Hall–Kier alpha value is -1.75. The molecule has 2 aromatic rings. The molecule has 0 radical (unpaired) electrons. The number of carbonyl (C=O) groups is 1. The van der Waals surface area contributed by atoms with Gasteiger partial charge in [0, 0.05) is 19.2 Å². The minimum atomic E-state index is -0.222. The number of H-pyrrole nitrogens is 1. The number of aromatic nitrogens is 2.